The van der Waals surface area contributed by atoms with Crippen molar-refractivity contribution in [2.75, 3.05) is 0 Å². The van der Waals surface area contributed by atoms with Crippen LogP contribution < -0.4 is 5.73 Å². The van der Waals surface area contributed by atoms with Crippen LogP contribution in [0.2, 0.25) is 0 Å². The van der Waals surface area contributed by atoms with E-state index >= 15 is 0 Å². The van der Waals surface area contributed by atoms with Crippen molar-refractivity contribution in [3.8, 4) is 0 Å². The maximum Gasteiger partial charge on any atom is 0.00840 e. The normalized spacial score (nSPS) is 13.8. The predicted molar refractivity (Wildman–Crippen MR) is 51.1 cm³/mol. The van der Waals surface area contributed by atoms with Gasteiger partial charge in [0.1, 0.15) is 0 Å². The molecular weight excluding hydrogens is 134 g/mol. The second-order valence-electron chi connectivity index (χ2n) is 2.89. The van der Waals surface area contributed by atoms with Gasteiger partial charge in [-0.05, 0) is 18.4 Å². The molecule has 2 N–H and O–H groups in total. The highest BCUT2D eigenvalue weighted by Crippen LogP contribution is 2.12. The fourth-order valence-corrected chi connectivity index (χ4v) is 0.951. The average molecular weight is 151 g/mol. The molecule has 0 aromatic heterocycles. The van der Waals surface area contributed by atoms with Crippen molar-refractivity contribution < 1.29 is 0 Å². The molecule has 0 saturated carbocycles. The molecule has 0 rings (SSSR count). The fourth-order valence-electron chi connectivity index (χ4n) is 0.951. The molecule has 0 amide bonds. The highest BCUT2D eigenvalue weighted by molar-refractivity contribution is 5.26. The molecule has 0 aliphatic heterocycles. The summed E-state index contributed by atoms with van der Waals surface area (Å²) in [6.07, 6.45) is 5.67. The lowest BCUT2D eigenvalue weighted by atomic mass is 10.0. The van der Waals surface area contributed by atoms with Crippen molar-refractivity contribution in [2.45, 2.75) is 20.8 Å². The highest BCUT2D eigenvalue weighted by Gasteiger charge is 2.00. The first-order valence-corrected chi connectivity index (χ1v) is 3.85. The van der Waals surface area contributed by atoms with Crippen LogP contribution >= 0.6 is 0 Å². The Morgan fingerprint density at radius 1 is 1.45 bits per heavy atom. The first-order valence-electron chi connectivity index (χ1n) is 3.85. The molecule has 62 valence electrons. The van der Waals surface area contributed by atoms with Crippen LogP contribution in [-0.2, 0) is 0 Å². The highest BCUT2D eigenvalue weighted by atomic mass is 14.6. The minimum Gasteiger partial charge on any atom is -0.402 e. The van der Waals surface area contributed by atoms with Crippen molar-refractivity contribution in [1.82, 2.24) is 0 Å². The van der Waals surface area contributed by atoms with Crippen molar-refractivity contribution in [2.24, 2.45) is 11.7 Å². The van der Waals surface area contributed by atoms with E-state index in [9.17, 15) is 0 Å². The summed E-state index contributed by atoms with van der Waals surface area (Å²) in [5, 5.41) is 0. The van der Waals surface area contributed by atoms with Crippen LogP contribution in [0.25, 0.3) is 0 Å². The van der Waals surface area contributed by atoms with Gasteiger partial charge in [-0.3, -0.25) is 0 Å². The number of hydrogen-bond donors (Lipinski definition) is 1. The van der Waals surface area contributed by atoms with Crippen molar-refractivity contribution >= 4 is 0 Å². The summed E-state index contributed by atoms with van der Waals surface area (Å²) in [6, 6.07) is 0. The van der Waals surface area contributed by atoms with E-state index < -0.39 is 0 Å². The molecule has 0 fully saturated rings. The zero-order chi connectivity index (χ0) is 8.85. The van der Waals surface area contributed by atoms with Crippen LogP contribution in [0.5, 0.6) is 0 Å². The summed E-state index contributed by atoms with van der Waals surface area (Å²) in [4.78, 5) is 0. The Balaban J connectivity index is 4.50. The molecule has 0 heterocycles. The molecule has 0 spiro atoms. The number of nitrogens with two attached hydrogens (primary N) is 1. The SMILES string of the molecule is C=C/C=C\C(=C(/C)N)C(C)C. The molecular formula is C10H17N. The van der Waals surface area contributed by atoms with Gasteiger partial charge in [0, 0.05) is 5.70 Å². The molecule has 0 aromatic carbocycles. The van der Waals surface area contributed by atoms with Crippen molar-refractivity contribution in [3.05, 3.63) is 36.1 Å². The second kappa shape index (κ2) is 4.78. The topological polar surface area (TPSA) is 26.0 Å². The van der Waals surface area contributed by atoms with Gasteiger partial charge in [-0.2, -0.15) is 0 Å². The Kier molecular flexibility index (Phi) is 4.35. The minimum absolute atomic E-state index is 0.483. The molecule has 1 nitrogen and oxygen atoms in total. The molecule has 0 atom stereocenters. The zero-order valence-corrected chi connectivity index (χ0v) is 7.59. The van der Waals surface area contributed by atoms with Crippen LogP contribution in [-0.4, -0.2) is 0 Å². The quantitative estimate of drug-likeness (QED) is 0.616. The summed E-state index contributed by atoms with van der Waals surface area (Å²) in [5.41, 5.74) is 7.74. The van der Waals surface area contributed by atoms with E-state index in [4.69, 9.17) is 5.73 Å². The van der Waals surface area contributed by atoms with Crippen LogP contribution in [0.4, 0.5) is 0 Å². The molecule has 0 saturated heterocycles. The standard InChI is InChI=1S/C10H17N/c1-5-6-7-10(8(2)3)9(4)11/h5-8H,1,11H2,2-4H3/b7-6-,10-9-. The third kappa shape index (κ3) is 3.66. The van der Waals surface area contributed by atoms with Crippen molar-refractivity contribution in [1.29, 1.82) is 0 Å². The van der Waals surface area contributed by atoms with Gasteiger partial charge in [-0.15, -0.1) is 0 Å². The molecule has 0 unspecified atom stereocenters. The summed E-state index contributed by atoms with van der Waals surface area (Å²) in [5.74, 6) is 0.483. The Hall–Kier alpha value is -0.980. The summed E-state index contributed by atoms with van der Waals surface area (Å²) in [7, 11) is 0. The van der Waals surface area contributed by atoms with E-state index in [1.807, 2.05) is 19.1 Å². The lowest BCUT2D eigenvalue weighted by molar-refractivity contribution is 0.777. The zero-order valence-electron chi connectivity index (χ0n) is 7.59. The molecule has 0 radical (unpaired) electrons. The Morgan fingerprint density at radius 2 is 2.00 bits per heavy atom. The van der Waals surface area contributed by atoms with Crippen LogP contribution in [0, 0.1) is 5.92 Å². The van der Waals surface area contributed by atoms with E-state index in [1.54, 1.807) is 6.08 Å². The van der Waals surface area contributed by atoms with Crippen LogP contribution in [0.1, 0.15) is 20.8 Å². The third-order valence-electron chi connectivity index (χ3n) is 1.49. The monoisotopic (exact) mass is 151 g/mol. The summed E-state index contributed by atoms with van der Waals surface area (Å²) >= 11 is 0. The maximum atomic E-state index is 5.67. The van der Waals surface area contributed by atoms with E-state index in [0.29, 0.717) is 5.92 Å². The van der Waals surface area contributed by atoms with E-state index in [0.717, 1.165) is 5.70 Å². The van der Waals surface area contributed by atoms with E-state index in [-0.39, 0.29) is 0 Å². The minimum atomic E-state index is 0.483. The van der Waals surface area contributed by atoms with Gasteiger partial charge in [-0.25, -0.2) is 0 Å². The Bertz CT molecular complexity index is 181. The molecule has 11 heavy (non-hydrogen) atoms. The van der Waals surface area contributed by atoms with Gasteiger partial charge in [-0.1, -0.05) is 38.7 Å². The van der Waals surface area contributed by atoms with Crippen LogP contribution in [0.15, 0.2) is 36.1 Å². The summed E-state index contributed by atoms with van der Waals surface area (Å²) < 4.78 is 0. The summed E-state index contributed by atoms with van der Waals surface area (Å²) in [6.45, 7) is 9.77. The van der Waals surface area contributed by atoms with Crippen molar-refractivity contribution in [3.63, 3.8) is 0 Å². The maximum absolute atomic E-state index is 5.67. The van der Waals surface area contributed by atoms with Gasteiger partial charge in [0.05, 0.1) is 0 Å². The van der Waals surface area contributed by atoms with Gasteiger partial charge in [0.25, 0.3) is 0 Å². The lowest BCUT2D eigenvalue weighted by Crippen LogP contribution is -2.01. The lowest BCUT2D eigenvalue weighted by Gasteiger charge is -2.07. The number of hydrogen-bond acceptors (Lipinski definition) is 1. The predicted octanol–water partition coefficient (Wildman–Crippen LogP) is 2.62. The molecule has 0 aliphatic carbocycles. The Morgan fingerprint density at radius 3 is 2.27 bits per heavy atom. The Labute approximate surface area is 69.3 Å². The van der Waals surface area contributed by atoms with Gasteiger partial charge < -0.3 is 5.73 Å². The molecule has 1 heteroatoms. The van der Waals surface area contributed by atoms with Crippen LogP contribution in [0.3, 0.4) is 0 Å². The van der Waals surface area contributed by atoms with Gasteiger partial charge >= 0.3 is 0 Å². The van der Waals surface area contributed by atoms with Gasteiger partial charge in [0.15, 0.2) is 0 Å². The third-order valence-corrected chi connectivity index (χ3v) is 1.49. The first kappa shape index (κ1) is 10.0. The van der Waals surface area contributed by atoms with Gasteiger partial charge in [0.2, 0.25) is 0 Å². The number of allylic oxidation sites excluding steroid dienone is 5. The molecule has 0 bridgehead atoms. The average Bonchev–Trinajstić information content (AvgIpc) is 1.87. The first-order chi connectivity index (χ1) is 5.09. The van der Waals surface area contributed by atoms with E-state index in [1.165, 1.54) is 5.57 Å². The fraction of sp³-hybridized carbons (Fsp3) is 0.400. The second-order valence-corrected chi connectivity index (χ2v) is 2.89. The molecule has 0 aromatic rings. The van der Waals surface area contributed by atoms with E-state index in [2.05, 4.69) is 20.4 Å². The molecule has 0 aliphatic rings. The smallest absolute Gasteiger partial charge is 0.00840 e. The number of rotatable bonds is 3. The largest absolute Gasteiger partial charge is 0.402 e.